The summed E-state index contributed by atoms with van der Waals surface area (Å²) in [5.74, 6) is 1.88. The fourth-order valence-electron chi connectivity index (χ4n) is 2.53. The Kier molecular flexibility index (Phi) is 3.25. The zero-order valence-corrected chi connectivity index (χ0v) is 11.3. The maximum Gasteiger partial charge on any atom is 0.138 e. The molecule has 1 aliphatic rings. The Morgan fingerprint density at radius 1 is 1.32 bits per heavy atom. The molecule has 0 aliphatic carbocycles. The van der Waals surface area contributed by atoms with Gasteiger partial charge in [0.2, 0.25) is 0 Å². The number of para-hydroxylation sites is 1. The Morgan fingerprint density at radius 3 is 2.95 bits per heavy atom. The third-order valence-corrected chi connectivity index (χ3v) is 3.66. The summed E-state index contributed by atoms with van der Waals surface area (Å²) in [6.07, 6.45) is 0.986. The SMILES string of the molecule is Cc1noc(C)c1CN[C@@H]1CCOc2ccccc21. The van der Waals surface area contributed by atoms with Crippen LogP contribution in [0.4, 0.5) is 0 Å². The monoisotopic (exact) mass is 258 g/mol. The molecule has 0 spiro atoms. The first-order chi connectivity index (χ1) is 9.25. The standard InChI is InChI=1S/C15H18N2O2/c1-10-13(11(2)19-17-10)9-16-14-7-8-18-15-6-4-3-5-12(14)15/h3-6,14,16H,7-9H2,1-2H3/t14-/m1/s1. The Labute approximate surface area is 112 Å². The summed E-state index contributed by atoms with van der Waals surface area (Å²) in [5, 5.41) is 7.57. The van der Waals surface area contributed by atoms with Crippen LogP contribution in [0.1, 0.15) is 35.0 Å². The molecule has 2 aromatic rings. The van der Waals surface area contributed by atoms with Crippen LogP contribution in [0.25, 0.3) is 0 Å². The van der Waals surface area contributed by atoms with Gasteiger partial charge in [0.25, 0.3) is 0 Å². The average molecular weight is 258 g/mol. The lowest BCUT2D eigenvalue weighted by Gasteiger charge is -2.26. The first-order valence-electron chi connectivity index (χ1n) is 6.62. The van der Waals surface area contributed by atoms with Crippen LogP contribution in [-0.2, 0) is 6.54 Å². The lowest BCUT2D eigenvalue weighted by Crippen LogP contribution is -2.27. The van der Waals surface area contributed by atoms with Gasteiger partial charge in [0.05, 0.1) is 12.3 Å². The summed E-state index contributed by atoms with van der Waals surface area (Å²) in [7, 11) is 0. The van der Waals surface area contributed by atoms with Gasteiger partial charge in [-0.2, -0.15) is 0 Å². The molecule has 1 aliphatic heterocycles. The second-order valence-corrected chi connectivity index (χ2v) is 4.91. The number of nitrogens with zero attached hydrogens (tertiary/aromatic N) is 1. The molecule has 4 nitrogen and oxygen atoms in total. The molecule has 1 aromatic heterocycles. The van der Waals surface area contributed by atoms with Crippen molar-refractivity contribution in [2.75, 3.05) is 6.61 Å². The van der Waals surface area contributed by atoms with Crippen LogP contribution in [0.3, 0.4) is 0 Å². The van der Waals surface area contributed by atoms with E-state index in [2.05, 4.69) is 22.6 Å². The molecule has 19 heavy (non-hydrogen) atoms. The van der Waals surface area contributed by atoms with E-state index in [1.807, 2.05) is 26.0 Å². The number of aromatic nitrogens is 1. The van der Waals surface area contributed by atoms with E-state index in [9.17, 15) is 0 Å². The molecule has 0 amide bonds. The van der Waals surface area contributed by atoms with Crippen molar-refractivity contribution in [1.82, 2.24) is 10.5 Å². The van der Waals surface area contributed by atoms with E-state index in [1.54, 1.807) is 0 Å². The number of hydrogen-bond donors (Lipinski definition) is 1. The van der Waals surface area contributed by atoms with Gasteiger partial charge in [-0.3, -0.25) is 0 Å². The summed E-state index contributed by atoms with van der Waals surface area (Å²) in [6.45, 7) is 5.47. The summed E-state index contributed by atoms with van der Waals surface area (Å²) in [4.78, 5) is 0. The fourth-order valence-corrected chi connectivity index (χ4v) is 2.53. The normalized spacial score (nSPS) is 17.9. The summed E-state index contributed by atoms with van der Waals surface area (Å²) in [5.41, 5.74) is 3.36. The van der Waals surface area contributed by atoms with E-state index in [0.29, 0.717) is 6.04 Å². The van der Waals surface area contributed by atoms with Crippen molar-refractivity contribution < 1.29 is 9.26 Å². The molecular formula is C15H18N2O2. The lowest BCUT2D eigenvalue weighted by molar-refractivity contribution is 0.252. The van der Waals surface area contributed by atoms with Gasteiger partial charge < -0.3 is 14.6 Å². The Balaban J connectivity index is 1.75. The van der Waals surface area contributed by atoms with Crippen LogP contribution in [-0.4, -0.2) is 11.8 Å². The fraction of sp³-hybridized carbons (Fsp3) is 0.400. The molecule has 1 N–H and O–H groups in total. The van der Waals surface area contributed by atoms with Crippen molar-refractivity contribution in [2.45, 2.75) is 32.9 Å². The Hall–Kier alpha value is -1.81. The van der Waals surface area contributed by atoms with Crippen LogP contribution >= 0.6 is 0 Å². The van der Waals surface area contributed by atoms with Crippen molar-refractivity contribution in [3.63, 3.8) is 0 Å². The minimum atomic E-state index is 0.332. The number of benzene rings is 1. The van der Waals surface area contributed by atoms with Crippen LogP contribution in [0.15, 0.2) is 28.8 Å². The smallest absolute Gasteiger partial charge is 0.138 e. The maximum absolute atomic E-state index is 5.67. The van der Waals surface area contributed by atoms with E-state index in [0.717, 1.165) is 42.3 Å². The second-order valence-electron chi connectivity index (χ2n) is 4.91. The molecule has 1 aromatic carbocycles. The van der Waals surface area contributed by atoms with E-state index >= 15 is 0 Å². The number of rotatable bonds is 3. The molecule has 0 unspecified atom stereocenters. The molecule has 3 rings (SSSR count). The van der Waals surface area contributed by atoms with Crippen molar-refractivity contribution in [3.05, 3.63) is 46.8 Å². The molecule has 2 heterocycles. The molecule has 0 radical (unpaired) electrons. The van der Waals surface area contributed by atoms with Crippen LogP contribution in [0.2, 0.25) is 0 Å². The van der Waals surface area contributed by atoms with E-state index < -0.39 is 0 Å². The highest BCUT2D eigenvalue weighted by atomic mass is 16.5. The van der Waals surface area contributed by atoms with Crippen LogP contribution in [0, 0.1) is 13.8 Å². The van der Waals surface area contributed by atoms with E-state index in [-0.39, 0.29) is 0 Å². The number of nitrogens with one attached hydrogen (secondary N) is 1. The summed E-state index contributed by atoms with van der Waals surface area (Å²) in [6, 6.07) is 8.55. The van der Waals surface area contributed by atoms with E-state index in [1.165, 1.54) is 5.56 Å². The molecule has 0 saturated carbocycles. The first kappa shape index (κ1) is 12.2. The van der Waals surface area contributed by atoms with Gasteiger partial charge in [0, 0.05) is 30.1 Å². The van der Waals surface area contributed by atoms with Gasteiger partial charge in [-0.05, 0) is 19.9 Å². The Bertz CT molecular complexity index is 558. The highest BCUT2D eigenvalue weighted by molar-refractivity contribution is 5.37. The van der Waals surface area contributed by atoms with Gasteiger partial charge in [-0.15, -0.1) is 0 Å². The predicted molar refractivity (Wildman–Crippen MR) is 72.1 cm³/mol. The molecular weight excluding hydrogens is 240 g/mol. The quantitative estimate of drug-likeness (QED) is 0.919. The zero-order valence-electron chi connectivity index (χ0n) is 11.3. The van der Waals surface area contributed by atoms with Crippen molar-refractivity contribution in [1.29, 1.82) is 0 Å². The summed E-state index contributed by atoms with van der Waals surface area (Å²) >= 11 is 0. The van der Waals surface area contributed by atoms with E-state index in [4.69, 9.17) is 9.26 Å². The number of hydrogen-bond acceptors (Lipinski definition) is 4. The lowest BCUT2D eigenvalue weighted by atomic mass is 10.0. The predicted octanol–water partition coefficient (Wildman–Crippen LogP) is 2.90. The van der Waals surface area contributed by atoms with Crippen molar-refractivity contribution >= 4 is 0 Å². The van der Waals surface area contributed by atoms with Gasteiger partial charge in [0.15, 0.2) is 0 Å². The topological polar surface area (TPSA) is 47.3 Å². The van der Waals surface area contributed by atoms with Crippen LogP contribution in [0.5, 0.6) is 5.75 Å². The third kappa shape index (κ3) is 2.36. The maximum atomic E-state index is 5.67. The van der Waals surface area contributed by atoms with Gasteiger partial charge in [-0.1, -0.05) is 23.4 Å². The Morgan fingerprint density at radius 2 is 2.16 bits per heavy atom. The summed E-state index contributed by atoms with van der Waals surface area (Å²) < 4.78 is 10.9. The molecule has 0 saturated heterocycles. The largest absolute Gasteiger partial charge is 0.493 e. The van der Waals surface area contributed by atoms with Crippen molar-refractivity contribution in [2.24, 2.45) is 0 Å². The van der Waals surface area contributed by atoms with Crippen LogP contribution < -0.4 is 10.1 Å². The molecule has 0 fully saturated rings. The second kappa shape index (κ2) is 5.05. The van der Waals surface area contributed by atoms with Crippen molar-refractivity contribution in [3.8, 4) is 5.75 Å². The van der Waals surface area contributed by atoms with Gasteiger partial charge >= 0.3 is 0 Å². The van der Waals surface area contributed by atoms with Gasteiger partial charge in [-0.25, -0.2) is 0 Å². The number of aryl methyl sites for hydroxylation is 2. The number of fused-ring (bicyclic) bond motifs is 1. The third-order valence-electron chi connectivity index (χ3n) is 3.66. The number of ether oxygens (including phenoxy) is 1. The highest BCUT2D eigenvalue weighted by Gasteiger charge is 2.21. The zero-order chi connectivity index (χ0) is 13.2. The average Bonchev–Trinajstić information content (AvgIpc) is 2.76. The minimum absolute atomic E-state index is 0.332. The molecule has 4 heteroatoms. The molecule has 100 valence electrons. The molecule has 1 atom stereocenters. The van der Waals surface area contributed by atoms with Gasteiger partial charge in [0.1, 0.15) is 11.5 Å². The first-order valence-corrected chi connectivity index (χ1v) is 6.62. The minimum Gasteiger partial charge on any atom is -0.493 e. The molecule has 0 bridgehead atoms. The highest BCUT2D eigenvalue weighted by Crippen LogP contribution is 2.31.